The van der Waals surface area contributed by atoms with Crippen molar-refractivity contribution in [1.82, 2.24) is 14.8 Å². The zero-order chi connectivity index (χ0) is 19.5. The number of hydrazine groups is 1. The second-order valence-electron chi connectivity index (χ2n) is 6.51. The Labute approximate surface area is 153 Å². The summed E-state index contributed by atoms with van der Waals surface area (Å²) in [6, 6.07) is 6.60. The third-order valence-corrected chi connectivity index (χ3v) is 6.08. The fourth-order valence-corrected chi connectivity index (χ4v) is 4.76. The summed E-state index contributed by atoms with van der Waals surface area (Å²) in [7, 11) is -2.49. The number of hydrogen-bond donors (Lipinski definition) is 1. The summed E-state index contributed by atoms with van der Waals surface area (Å²) < 4.78 is 27.4. The highest BCUT2D eigenvalue weighted by atomic mass is 32.2. The van der Waals surface area contributed by atoms with Crippen molar-refractivity contribution in [2.75, 3.05) is 26.7 Å². The molecule has 9 nitrogen and oxygen atoms in total. The largest absolute Gasteiger partial charge is 0.319 e. The minimum absolute atomic E-state index is 0.142. The molecule has 0 bridgehead atoms. The molecule has 0 aliphatic carbocycles. The van der Waals surface area contributed by atoms with Gasteiger partial charge in [0.15, 0.2) is 4.87 Å². The maximum atomic E-state index is 13.0. The van der Waals surface area contributed by atoms with Crippen LogP contribution in [0.3, 0.4) is 0 Å². The molecule has 144 valence electrons. The second-order valence-corrected chi connectivity index (χ2v) is 8.40. The van der Waals surface area contributed by atoms with Crippen LogP contribution in [0.1, 0.15) is 19.4 Å². The number of rotatable bonds is 7. The van der Waals surface area contributed by atoms with Crippen LogP contribution in [-0.2, 0) is 19.7 Å². The Morgan fingerprint density at radius 2 is 1.92 bits per heavy atom. The molecule has 26 heavy (non-hydrogen) atoms. The van der Waals surface area contributed by atoms with Crippen LogP contribution >= 0.6 is 0 Å². The third-order valence-electron chi connectivity index (χ3n) is 4.19. The van der Waals surface area contributed by atoms with Crippen molar-refractivity contribution >= 4 is 15.9 Å². The monoisotopic (exact) mass is 385 g/mol. The smallest absolute Gasteiger partial charge is 0.304 e. The molecule has 1 aromatic rings. The first kappa shape index (κ1) is 20.3. The van der Waals surface area contributed by atoms with Gasteiger partial charge in [-0.2, -0.15) is 4.31 Å². The number of aryl methyl sites for hydroxylation is 1. The van der Waals surface area contributed by atoms with Gasteiger partial charge in [-0.1, -0.05) is 31.5 Å². The van der Waals surface area contributed by atoms with Crippen LogP contribution in [0.2, 0.25) is 0 Å². The Hall–Kier alpha value is -2.04. The highest BCUT2D eigenvalue weighted by molar-refractivity contribution is 7.89. The third kappa shape index (κ3) is 4.19. The van der Waals surface area contributed by atoms with E-state index in [4.69, 9.17) is 0 Å². The Morgan fingerprint density at radius 3 is 2.46 bits per heavy atom. The number of nitrogens with one attached hydrogen (secondary N) is 1. The van der Waals surface area contributed by atoms with Gasteiger partial charge in [0, 0.05) is 13.1 Å². The first-order valence-corrected chi connectivity index (χ1v) is 9.73. The van der Waals surface area contributed by atoms with Crippen LogP contribution in [-0.4, -0.2) is 61.3 Å². The summed E-state index contributed by atoms with van der Waals surface area (Å²) in [5, 5.41) is 0. The molecule has 1 heterocycles. The van der Waals surface area contributed by atoms with Gasteiger partial charge in [-0.15, -0.1) is 0 Å². The number of sulfonamides is 1. The van der Waals surface area contributed by atoms with Crippen LogP contribution in [0.15, 0.2) is 29.2 Å². The number of hydrogen-bond acceptors (Lipinski definition) is 5. The zero-order valence-corrected chi connectivity index (χ0v) is 16.2. The van der Waals surface area contributed by atoms with Crippen molar-refractivity contribution < 1.29 is 22.9 Å². The summed E-state index contributed by atoms with van der Waals surface area (Å²) in [4.78, 5) is 30.3. The number of nitroso groups, excluding NO2 is 1. The Bertz CT molecular complexity index is 763. The standard InChI is InChI=1S/C16H25N4O5S/c1-12(2)16-18(15(21)11-20(22)17-25-4)9-10-19(16)26(23,24)14-7-5-13(3)6-8-14/h5-8,12,16H,9-11H2,1-4H3,(H,17,22)/q+1/t16-/m1/s1. The Kier molecular flexibility index (Phi) is 6.32. The van der Waals surface area contributed by atoms with Crippen molar-refractivity contribution in [2.45, 2.75) is 31.8 Å². The summed E-state index contributed by atoms with van der Waals surface area (Å²) in [6.45, 7) is 5.50. The van der Waals surface area contributed by atoms with E-state index in [1.165, 1.54) is 16.3 Å². The van der Waals surface area contributed by atoms with Gasteiger partial charge in [0.05, 0.1) is 16.9 Å². The molecule has 0 radical (unpaired) electrons. The fraction of sp³-hybridized carbons (Fsp3) is 0.562. The van der Waals surface area contributed by atoms with E-state index < -0.39 is 28.6 Å². The predicted molar refractivity (Wildman–Crippen MR) is 94.0 cm³/mol. The van der Waals surface area contributed by atoms with Crippen LogP contribution in [0.5, 0.6) is 0 Å². The van der Waals surface area contributed by atoms with Crippen LogP contribution in [0.4, 0.5) is 0 Å². The van der Waals surface area contributed by atoms with Crippen molar-refractivity contribution in [3.63, 3.8) is 0 Å². The van der Waals surface area contributed by atoms with E-state index in [0.717, 1.165) is 5.56 Å². The van der Waals surface area contributed by atoms with Gasteiger partial charge in [-0.3, -0.25) is 4.79 Å². The predicted octanol–water partition coefficient (Wildman–Crippen LogP) is 0.655. The molecular weight excluding hydrogens is 360 g/mol. The highest BCUT2D eigenvalue weighted by Crippen LogP contribution is 2.28. The van der Waals surface area contributed by atoms with Gasteiger partial charge in [0.2, 0.25) is 10.0 Å². The molecule has 1 atom stereocenters. The highest BCUT2D eigenvalue weighted by Gasteiger charge is 2.44. The topological polar surface area (TPSA) is 99.0 Å². The van der Waals surface area contributed by atoms with E-state index in [2.05, 4.69) is 4.84 Å². The lowest BCUT2D eigenvalue weighted by Gasteiger charge is -2.31. The molecule has 0 unspecified atom stereocenters. The summed E-state index contributed by atoms with van der Waals surface area (Å²) in [6.07, 6.45) is -0.648. The Balaban J connectivity index is 2.26. The van der Waals surface area contributed by atoms with E-state index in [9.17, 15) is 18.1 Å². The first-order chi connectivity index (χ1) is 12.2. The lowest BCUT2D eigenvalue weighted by Crippen LogP contribution is -2.49. The maximum Gasteiger partial charge on any atom is 0.304 e. The van der Waals surface area contributed by atoms with Gasteiger partial charge in [0.25, 0.3) is 5.91 Å². The van der Waals surface area contributed by atoms with Crippen molar-refractivity contribution in [3.05, 3.63) is 34.7 Å². The van der Waals surface area contributed by atoms with Crippen molar-refractivity contribution in [2.24, 2.45) is 5.92 Å². The van der Waals surface area contributed by atoms with E-state index in [-0.39, 0.29) is 28.8 Å². The number of carbonyl (C=O) groups excluding carboxylic acids is 1. The first-order valence-electron chi connectivity index (χ1n) is 8.29. The minimum Gasteiger partial charge on any atom is -0.319 e. The van der Waals surface area contributed by atoms with Gasteiger partial charge in [0.1, 0.15) is 6.17 Å². The van der Waals surface area contributed by atoms with Gasteiger partial charge in [-0.25, -0.2) is 13.3 Å². The van der Waals surface area contributed by atoms with Gasteiger partial charge < -0.3 is 4.90 Å². The van der Waals surface area contributed by atoms with Crippen LogP contribution in [0.25, 0.3) is 0 Å². The van der Waals surface area contributed by atoms with E-state index in [0.29, 0.717) is 0 Å². The second kappa shape index (κ2) is 8.11. The Morgan fingerprint density at radius 1 is 1.31 bits per heavy atom. The van der Waals surface area contributed by atoms with Crippen LogP contribution < -0.4 is 5.59 Å². The minimum atomic E-state index is -3.75. The summed E-state index contributed by atoms with van der Waals surface area (Å²) >= 11 is 0. The molecule has 0 spiro atoms. The molecule has 2 rings (SSSR count). The number of amides is 1. The van der Waals surface area contributed by atoms with Gasteiger partial charge in [-0.05, 0) is 30.6 Å². The molecule has 10 heteroatoms. The van der Waals surface area contributed by atoms with E-state index in [1.807, 2.05) is 26.4 Å². The molecule has 0 saturated carbocycles. The number of nitrogens with zero attached hydrogens (tertiary/aromatic N) is 3. The molecule has 1 N–H and O–H groups in total. The quantitative estimate of drug-likeness (QED) is 0.547. The maximum absolute atomic E-state index is 13.0. The van der Waals surface area contributed by atoms with E-state index in [1.54, 1.807) is 24.3 Å². The number of benzene rings is 1. The van der Waals surface area contributed by atoms with Crippen molar-refractivity contribution in [3.8, 4) is 0 Å². The lowest BCUT2D eigenvalue weighted by molar-refractivity contribution is -0.649. The average Bonchev–Trinajstić information content (AvgIpc) is 3.01. The SMILES string of the molecule is CON[N+](=O)CC(=O)N1CCN(S(=O)(=O)c2ccc(C)cc2)[C@@H]1C(C)C. The fourth-order valence-electron chi connectivity index (χ4n) is 3.05. The molecule has 1 amide bonds. The normalized spacial score (nSPS) is 18.3. The average molecular weight is 385 g/mol. The molecule has 1 aliphatic rings. The lowest BCUT2D eigenvalue weighted by atomic mass is 10.1. The van der Waals surface area contributed by atoms with E-state index >= 15 is 0 Å². The molecule has 1 fully saturated rings. The summed E-state index contributed by atoms with van der Waals surface area (Å²) in [5.74, 6) is -0.609. The number of carbonyl (C=O) groups is 1. The zero-order valence-electron chi connectivity index (χ0n) is 15.4. The van der Waals surface area contributed by atoms with Gasteiger partial charge >= 0.3 is 6.54 Å². The molecular formula is C16H25N4O5S+. The molecule has 0 aromatic heterocycles. The summed E-state index contributed by atoms with van der Waals surface area (Å²) in [5.41, 5.74) is 2.98. The van der Waals surface area contributed by atoms with Crippen molar-refractivity contribution in [1.29, 1.82) is 0 Å². The molecule has 1 saturated heterocycles. The molecule has 1 aliphatic heterocycles. The van der Waals surface area contributed by atoms with Crippen LogP contribution in [0, 0.1) is 17.7 Å². The molecule has 1 aromatic carbocycles.